The van der Waals surface area contributed by atoms with Gasteiger partial charge < -0.3 is 0 Å². The second-order valence-electron chi connectivity index (χ2n) is 5.83. The number of benzene rings is 1. The molecule has 6 nitrogen and oxygen atoms in total. The first kappa shape index (κ1) is 21.1. The molecule has 0 aliphatic heterocycles. The molecular weight excluding hydrogens is 352 g/mol. The fraction of sp³-hybridized carbons (Fsp3) is 0.625. The van der Waals surface area contributed by atoms with E-state index in [2.05, 4.69) is 13.0 Å². The van der Waals surface area contributed by atoms with Gasteiger partial charge in [-0.2, -0.15) is 16.8 Å². The van der Waals surface area contributed by atoms with Crippen molar-refractivity contribution in [1.82, 2.24) is 0 Å². The van der Waals surface area contributed by atoms with E-state index in [0.29, 0.717) is 19.3 Å². The molecule has 0 unspecified atom stereocenters. The normalized spacial score (nSPS) is 12.5. The van der Waals surface area contributed by atoms with Crippen LogP contribution in [-0.4, -0.2) is 40.0 Å². The van der Waals surface area contributed by atoms with Gasteiger partial charge in [0.25, 0.3) is 20.2 Å². The molecular formula is C16H26O6S2. The summed E-state index contributed by atoms with van der Waals surface area (Å²) in [5, 5.41) is 0. The predicted octanol–water partition coefficient (Wildman–Crippen LogP) is 2.37. The average Bonchev–Trinajstić information content (AvgIpc) is 2.47. The molecule has 0 fully saturated rings. The summed E-state index contributed by atoms with van der Waals surface area (Å²) in [6.45, 7) is 2.24. The lowest BCUT2D eigenvalue weighted by molar-refractivity contribution is 0.315. The first-order valence-electron chi connectivity index (χ1n) is 8.01. The van der Waals surface area contributed by atoms with E-state index in [4.69, 9.17) is 8.74 Å². The van der Waals surface area contributed by atoms with Gasteiger partial charge in [-0.05, 0) is 55.2 Å². The maximum atomic E-state index is 10.9. The van der Waals surface area contributed by atoms with E-state index in [-0.39, 0.29) is 12.4 Å². The van der Waals surface area contributed by atoms with Gasteiger partial charge in [-0.15, -0.1) is 0 Å². The Morgan fingerprint density at radius 2 is 1.71 bits per heavy atom. The average molecular weight is 379 g/mol. The van der Waals surface area contributed by atoms with Crippen molar-refractivity contribution in [1.29, 1.82) is 0 Å². The van der Waals surface area contributed by atoms with Crippen LogP contribution in [0.1, 0.15) is 42.9 Å². The van der Waals surface area contributed by atoms with E-state index in [1.54, 1.807) is 0 Å². The van der Waals surface area contributed by atoms with Gasteiger partial charge in [-0.25, -0.2) is 0 Å². The second-order valence-corrected chi connectivity index (χ2v) is 9.05. The van der Waals surface area contributed by atoms with Crippen LogP contribution in [0.15, 0.2) is 18.2 Å². The zero-order chi connectivity index (χ0) is 18.2. The Morgan fingerprint density at radius 1 is 1.00 bits per heavy atom. The van der Waals surface area contributed by atoms with Gasteiger partial charge in [0.1, 0.15) is 0 Å². The van der Waals surface area contributed by atoms with Gasteiger partial charge in [0.15, 0.2) is 0 Å². The van der Waals surface area contributed by atoms with Crippen molar-refractivity contribution >= 4 is 20.2 Å². The van der Waals surface area contributed by atoms with E-state index in [1.807, 2.05) is 12.1 Å². The SMILES string of the molecule is CCc1cc(CCCCS(=O)(=O)O)ccc1CCCOS(C)(=O)=O. The minimum atomic E-state index is -3.88. The lowest BCUT2D eigenvalue weighted by Crippen LogP contribution is -2.06. The van der Waals surface area contributed by atoms with E-state index >= 15 is 0 Å². The summed E-state index contributed by atoms with van der Waals surface area (Å²) in [6.07, 6.45) is 5.20. The van der Waals surface area contributed by atoms with Crippen LogP contribution >= 0.6 is 0 Å². The number of aryl methyl sites for hydroxylation is 3. The molecule has 0 aliphatic rings. The smallest absolute Gasteiger partial charge is 0.264 e. The van der Waals surface area contributed by atoms with Crippen molar-refractivity contribution < 1.29 is 25.6 Å². The number of hydrogen-bond acceptors (Lipinski definition) is 5. The molecule has 24 heavy (non-hydrogen) atoms. The molecule has 1 aromatic rings. The van der Waals surface area contributed by atoms with E-state index in [0.717, 1.165) is 31.1 Å². The van der Waals surface area contributed by atoms with Gasteiger partial charge in [0.2, 0.25) is 0 Å². The highest BCUT2D eigenvalue weighted by Crippen LogP contribution is 2.17. The van der Waals surface area contributed by atoms with Crippen LogP contribution in [0.5, 0.6) is 0 Å². The fourth-order valence-electron chi connectivity index (χ4n) is 2.49. The molecule has 1 rings (SSSR count). The molecule has 1 aromatic carbocycles. The predicted molar refractivity (Wildman–Crippen MR) is 94.3 cm³/mol. The monoisotopic (exact) mass is 378 g/mol. The summed E-state index contributed by atoms with van der Waals surface area (Å²) in [6, 6.07) is 6.16. The van der Waals surface area contributed by atoms with Crippen LogP contribution in [0.3, 0.4) is 0 Å². The van der Waals surface area contributed by atoms with Crippen LogP contribution in [0.4, 0.5) is 0 Å². The summed E-state index contributed by atoms with van der Waals surface area (Å²) in [5.74, 6) is -0.202. The van der Waals surface area contributed by atoms with Crippen molar-refractivity contribution in [3.05, 3.63) is 34.9 Å². The molecule has 1 N–H and O–H groups in total. The molecule has 0 bridgehead atoms. The molecule has 0 aliphatic carbocycles. The third kappa shape index (κ3) is 9.36. The molecule has 0 saturated carbocycles. The van der Waals surface area contributed by atoms with Crippen LogP contribution in [-0.2, 0) is 43.7 Å². The Balaban J connectivity index is 2.52. The van der Waals surface area contributed by atoms with Gasteiger partial charge in [-0.1, -0.05) is 25.1 Å². The van der Waals surface area contributed by atoms with E-state index in [1.165, 1.54) is 11.1 Å². The van der Waals surface area contributed by atoms with Crippen molar-refractivity contribution in [2.45, 2.75) is 45.4 Å². The lowest BCUT2D eigenvalue weighted by atomic mass is 9.96. The highest BCUT2D eigenvalue weighted by Gasteiger charge is 2.07. The molecule has 0 amide bonds. The Labute approximate surface area is 145 Å². The Kier molecular flexibility index (Phi) is 8.35. The third-order valence-corrected chi connectivity index (χ3v) is 5.06. The molecule has 8 heteroatoms. The zero-order valence-electron chi connectivity index (χ0n) is 14.2. The largest absolute Gasteiger partial charge is 0.286 e. The first-order chi connectivity index (χ1) is 11.1. The molecule has 0 saturated heterocycles. The van der Waals surface area contributed by atoms with Crippen LogP contribution < -0.4 is 0 Å². The van der Waals surface area contributed by atoms with E-state index < -0.39 is 20.2 Å². The lowest BCUT2D eigenvalue weighted by Gasteiger charge is -2.11. The summed E-state index contributed by atoms with van der Waals surface area (Å²) in [7, 11) is -7.26. The molecule has 0 atom stereocenters. The van der Waals surface area contributed by atoms with Gasteiger partial charge in [-0.3, -0.25) is 8.74 Å². The third-order valence-electron chi connectivity index (χ3n) is 3.66. The van der Waals surface area contributed by atoms with Gasteiger partial charge in [0.05, 0.1) is 18.6 Å². The highest BCUT2D eigenvalue weighted by molar-refractivity contribution is 7.86. The zero-order valence-corrected chi connectivity index (χ0v) is 15.8. The quantitative estimate of drug-likeness (QED) is 0.361. The Morgan fingerprint density at radius 3 is 2.29 bits per heavy atom. The molecule has 0 radical (unpaired) electrons. The second kappa shape index (κ2) is 9.50. The fourth-order valence-corrected chi connectivity index (χ4v) is 3.48. The molecule has 0 aromatic heterocycles. The van der Waals surface area contributed by atoms with Crippen molar-refractivity contribution in [2.24, 2.45) is 0 Å². The summed E-state index contributed by atoms with van der Waals surface area (Å²) in [5.41, 5.74) is 3.52. The standard InChI is InChI=1S/C16H26O6S2/c1-3-15-13-14(7-4-5-12-24(19,20)21)9-10-16(15)8-6-11-22-23(2,17)18/h9-10,13H,3-8,11-12H2,1-2H3,(H,19,20,21). The van der Waals surface area contributed by atoms with Crippen LogP contribution in [0.2, 0.25) is 0 Å². The number of rotatable bonds is 11. The Hall–Kier alpha value is -0.960. The van der Waals surface area contributed by atoms with Gasteiger partial charge >= 0.3 is 0 Å². The van der Waals surface area contributed by atoms with Gasteiger partial charge in [0, 0.05) is 0 Å². The molecule has 0 heterocycles. The summed E-state index contributed by atoms with van der Waals surface area (Å²) < 4.78 is 56.7. The highest BCUT2D eigenvalue weighted by atomic mass is 32.2. The number of hydrogen-bond donors (Lipinski definition) is 1. The van der Waals surface area contributed by atoms with E-state index in [9.17, 15) is 16.8 Å². The first-order valence-corrected chi connectivity index (χ1v) is 11.4. The topological polar surface area (TPSA) is 97.7 Å². The van der Waals surface area contributed by atoms with Crippen molar-refractivity contribution in [2.75, 3.05) is 18.6 Å². The number of unbranched alkanes of at least 4 members (excludes halogenated alkanes) is 1. The van der Waals surface area contributed by atoms with Crippen LogP contribution in [0.25, 0.3) is 0 Å². The van der Waals surface area contributed by atoms with Crippen molar-refractivity contribution in [3.8, 4) is 0 Å². The minimum absolute atomic E-state index is 0.180. The summed E-state index contributed by atoms with van der Waals surface area (Å²) in [4.78, 5) is 0. The minimum Gasteiger partial charge on any atom is -0.286 e. The maximum absolute atomic E-state index is 10.9. The molecule has 138 valence electrons. The maximum Gasteiger partial charge on any atom is 0.264 e. The summed E-state index contributed by atoms with van der Waals surface area (Å²) >= 11 is 0. The van der Waals surface area contributed by atoms with Crippen molar-refractivity contribution in [3.63, 3.8) is 0 Å². The Bertz CT molecular complexity index is 723. The molecule has 0 spiro atoms. The van der Waals surface area contributed by atoms with Crippen LogP contribution in [0, 0.1) is 0 Å².